The fraction of sp³-hybridized carbons (Fsp3) is 0.570. The third-order valence-corrected chi connectivity index (χ3v) is 22.6. The van der Waals surface area contributed by atoms with Gasteiger partial charge in [-0.3, -0.25) is 43.7 Å². The summed E-state index contributed by atoms with van der Waals surface area (Å²) in [7, 11) is 4.93. The van der Waals surface area contributed by atoms with Gasteiger partial charge in [-0.1, -0.05) is 283 Å². The molecule has 824 valence electrons. The van der Waals surface area contributed by atoms with E-state index in [2.05, 4.69) is 185 Å². The first-order chi connectivity index (χ1) is 69.4. The first-order valence-electron chi connectivity index (χ1n) is 52.6. The number of benzene rings is 5. The van der Waals surface area contributed by atoms with E-state index in [1.165, 1.54) is 18.5 Å². The maximum Gasteiger partial charge on any atom is 0.407 e. The Bertz CT molecular complexity index is 4500. The lowest BCUT2D eigenvalue weighted by molar-refractivity contribution is -0.123. The quantitative estimate of drug-likeness (QED) is 0.00957. The van der Waals surface area contributed by atoms with E-state index in [-0.39, 0.29) is 54.1 Å². The zero-order valence-electron chi connectivity index (χ0n) is 93.6. The number of aryl methyl sites for hydroxylation is 1. The number of rotatable bonds is 49. The van der Waals surface area contributed by atoms with Crippen molar-refractivity contribution in [3.8, 4) is 0 Å². The van der Waals surface area contributed by atoms with Crippen LogP contribution in [0.5, 0.6) is 0 Å². The molecule has 0 saturated carbocycles. The molecule has 17 N–H and O–H groups in total. The summed E-state index contributed by atoms with van der Waals surface area (Å²) in [5, 5.41) is 23.1. The molecule has 0 aliphatic heterocycles. The van der Waals surface area contributed by atoms with E-state index in [1.807, 2.05) is 151 Å². The molecule has 0 spiro atoms. The molecule has 3 atom stereocenters. The second-order valence-electron chi connectivity index (χ2n) is 37.8. The average Bonchev–Trinajstić information content (AvgIpc) is 0.805. The number of alkyl carbamates (subject to hydrolysis) is 2. The van der Waals surface area contributed by atoms with Crippen LogP contribution >= 0.6 is 11.6 Å². The monoisotopic (exact) mass is 2070 g/mol. The number of sulfonamides is 1. The summed E-state index contributed by atoms with van der Waals surface area (Å²) < 4.78 is 35.8. The second-order valence-corrected chi connectivity index (χ2v) is 39.9. The number of hydrogen-bond donors (Lipinski definition) is 13. The van der Waals surface area contributed by atoms with Gasteiger partial charge >= 0.3 is 12.2 Å². The predicted molar refractivity (Wildman–Crippen MR) is 608 cm³/mol. The van der Waals surface area contributed by atoms with Crippen molar-refractivity contribution in [2.75, 3.05) is 105 Å². The highest BCUT2D eigenvalue weighted by Crippen LogP contribution is 2.20. The number of ether oxygens (including phenoxy) is 2. The van der Waals surface area contributed by atoms with Crippen molar-refractivity contribution < 1.29 is 56.2 Å². The zero-order valence-corrected chi connectivity index (χ0v) is 95.2. The Kier molecular flexibility index (Phi) is 88.3. The minimum atomic E-state index is -3.28. The normalized spacial score (nSPS) is 11.0. The van der Waals surface area contributed by atoms with Gasteiger partial charge < -0.3 is 84.7 Å². The van der Waals surface area contributed by atoms with Gasteiger partial charge in [0.15, 0.2) is 5.96 Å². The fourth-order valence-electron chi connectivity index (χ4n) is 11.6. The summed E-state index contributed by atoms with van der Waals surface area (Å²) in [4.78, 5) is 107. The summed E-state index contributed by atoms with van der Waals surface area (Å²) in [6.45, 7) is 50.1. The number of nitrogens with one attached hydrogen (secondary N) is 9. The molecule has 0 radical (unpaired) electrons. The highest BCUT2D eigenvalue weighted by atomic mass is 35.5. The number of unbranched alkanes of at least 4 members (excludes halogenated alkanes) is 9. The number of carbonyl (C=O) groups is 8. The maximum absolute atomic E-state index is 11.7. The van der Waals surface area contributed by atoms with Gasteiger partial charge in [-0.2, -0.15) is 0 Å². The van der Waals surface area contributed by atoms with Crippen molar-refractivity contribution in [2.45, 2.75) is 315 Å². The molecule has 32 heteroatoms. The van der Waals surface area contributed by atoms with Crippen molar-refractivity contribution in [3.63, 3.8) is 0 Å². The first kappa shape index (κ1) is 141. The Morgan fingerprint density at radius 2 is 0.884 bits per heavy atom. The molecule has 0 aliphatic carbocycles. The van der Waals surface area contributed by atoms with Crippen LogP contribution in [-0.4, -0.2) is 195 Å². The van der Waals surface area contributed by atoms with Gasteiger partial charge in [0.05, 0.1) is 22.5 Å². The molecule has 30 nitrogen and oxygen atoms in total. The van der Waals surface area contributed by atoms with E-state index in [0.717, 1.165) is 196 Å². The van der Waals surface area contributed by atoms with Crippen LogP contribution in [0.2, 0.25) is 5.02 Å². The number of nitrogens with zero attached hydrogens (tertiary/aromatic N) is 5. The zero-order chi connectivity index (χ0) is 111. The lowest BCUT2D eigenvalue weighted by atomic mass is 9.90. The smallest absolute Gasteiger partial charge is 0.407 e. The van der Waals surface area contributed by atoms with E-state index < -0.39 is 33.8 Å². The SMILES string of the molecule is CCC(C)(C)CN(C)C.CCC(C)CNC(=O)OC(C)(C)C.CCCCN=C(N)N.CCCCNC(=O)CC(C)C.CCCCNC(=O)OCc1ccccc1Cl.CCCCNC(=O)[C@@H](N)Cc1ccc(C)cc1.CCCCNC(=O)[C@@H](N)Cc1ccccc1.CCCCNC(=O)c1ccc(N(C)C)cc1.CCCCNC(=O)c1cccnc1.CCCCNC(=O)c1ccncc1.CCCCNS(=O)(=O)c1ccccc1. The number of anilines is 1. The van der Waals surface area contributed by atoms with Crippen molar-refractivity contribution in [1.29, 1.82) is 0 Å². The molecule has 146 heavy (non-hydrogen) atoms. The summed E-state index contributed by atoms with van der Waals surface area (Å²) in [6, 6.07) is 47.3. The van der Waals surface area contributed by atoms with Gasteiger partial charge in [0, 0.05) is 145 Å². The number of amides is 8. The number of hydrogen-bond acceptors (Lipinski definition) is 19. The standard InChI is InChI=1S/C14H22N2O.2C13H20N2O.C12H16ClNO2.2C10H14N2O.C10H15NO2S.C10H21NO2.C9H19NO.C8H19N.C5H13N3/c1-3-4-9-16-14(17)13(15)10-12-7-5-11(2)6-8-12;1-4-5-10-14-13(16)11-6-8-12(9-7-11)15(2)3;1-2-3-9-15-13(16)12(14)10-11-7-5-4-6-8-11;1-2-3-8-14-12(15)16-9-10-6-4-5-7-11(10)13;1-2-3-6-12-10(13)9-4-7-11-8-5-9;1-2-3-7-12-10(13)9-5-4-6-11-8-9;1-2-3-9-11-14(12,13)10-7-5-4-6-8-10;1-6-8(2)7-11-9(12)13-10(3,4)5;1-4-5-6-10-9(11)7-8(2)3;1-6-8(2,3)7-9(4)5;1-2-3-4-8-5(6)7/h5-8,13H,3-4,9-10,15H2,1-2H3,(H,16,17);6-9H,4-5,10H2,1-3H3,(H,14,16);4-8,12H,2-3,9-10,14H2,1H3,(H,15,16);4-7H,2-3,8-9H2,1H3,(H,14,15);4-5,7-8H,2-3,6H2,1H3,(H,12,13);4-6,8H,2-3,7H2,1H3,(H,12,13);4-8,11H,2-3,9H2,1H3;8H,6-7H2,1-5H3,(H,11,12);8H,4-7H2,1-3H3,(H,10,11);6-7H2,1-5H3;2-4H2,1H3,(H4,6,7,8)/t13-;;12-;;;;;;;;/m0.0......../s1. The first-order valence-corrected chi connectivity index (χ1v) is 54.4. The number of guanidine groups is 1. The predicted octanol–water partition coefficient (Wildman–Crippen LogP) is 20.4. The van der Waals surface area contributed by atoms with E-state index in [0.29, 0.717) is 77.2 Å². The highest BCUT2D eigenvalue weighted by Gasteiger charge is 2.20. The van der Waals surface area contributed by atoms with Crippen LogP contribution in [0.4, 0.5) is 15.3 Å². The highest BCUT2D eigenvalue weighted by molar-refractivity contribution is 7.89. The third-order valence-electron chi connectivity index (χ3n) is 20.8. The molecule has 5 aromatic carbocycles. The van der Waals surface area contributed by atoms with Crippen LogP contribution in [0.15, 0.2) is 192 Å². The molecule has 1 unspecified atom stereocenters. The Hall–Kier alpha value is -11.1. The van der Waals surface area contributed by atoms with E-state index in [9.17, 15) is 46.8 Å². The molecule has 7 rings (SSSR count). The van der Waals surface area contributed by atoms with Gasteiger partial charge in [-0.15, -0.1) is 0 Å². The average molecular weight is 2080 g/mol. The Morgan fingerprint density at radius 1 is 0.459 bits per heavy atom. The Labute approximate surface area is 886 Å². The molecule has 0 saturated heterocycles. The Balaban J connectivity index is -0.000000764. The Morgan fingerprint density at radius 3 is 1.29 bits per heavy atom. The van der Waals surface area contributed by atoms with Crippen LogP contribution in [0.3, 0.4) is 0 Å². The minimum absolute atomic E-state index is 0.0127. The van der Waals surface area contributed by atoms with Crippen molar-refractivity contribution in [2.24, 2.45) is 45.2 Å². The van der Waals surface area contributed by atoms with Crippen molar-refractivity contribution in [3.05, 3.63) is 226 Å². The molecule has 2 aromatic heterocycles. The van der Waals surface area contributed by atoms with Gasteiger partial charge in [0.1, 0.15) is 12.2 Å². The van der Waals surface area contributed by atoms with Gasteiger partial charge in [-0.05, 0) is 214 Å². The van der Waals surface area contributed by atoms with Crippen LogP contribution < -0.4 is 75.1 Å². The molecule has 8 amide bonds. The molecule has 0 fully saturated rings. The largest absolute Gasteiger partial charge is 0.445 e. The molecular formula is C114H193ClN18O12S. The van der Waals surface area contributed by atoms with E-state index in [4.69, 9.17) is 44.0 Å². The van der Waals surface area contributed by atoms with Gasteiger partial charge in [0.2, 0.25) is 27.7 Å². The topological polar surface area (TPSA) is 446 Å². The lowest BCUT2D eigenvalue weighted by Gasteiger charge is -2.26. The number of aromatic nitrogens is 2. The summed E-state index contributed by atoms with van der Waals surface area (Å²) in [5.41, 5.74) is 29.2. The fourth-order valence-corrected chi connectivity index (χ4v) is 12.9. The molecule has 0 aliphatic rings. The number of halogens is 1. The van der Waals surface area contributed by atoms with E-state index >= 15 is 0 Å². The number of nitrogens with two attached hydrogens (primary N) is 4. The van der Waals surface area contributed by atoms with Gasteiger partial charge in [-0.25, -0.2) is 22.7 Å². The molecular weight excluding hydrogens is 1880 g/mol. The summed E-state index contributed by atoms with van der Waals surface area (Å²) >= 11 is 5.92. The molecule has 0 bridgehead atoms. The van der Waals surface area contributed by atoms with Crippen LogP contribution in [-0.2, 0) is 53.3 Å². The molecule has 7 aromatic rings. The second kappa shape index (κ2) is 91.4. The number of aliphatic imine (C=N–C) groups is 1. The number of carbonyl (C=O) groups excluding carboxylic acids is 8. The summed E-state index contributed by atoms with van der Waals surface area (Å²) in [6.07, 6.45) is 28.7. The third kappa shape index (κ3) is 85.0. The maximum atomic E-state index is 11.7. The van der Waals surface area contributed by atoms with Crippen LogP contribution in [0.1, 0.15) is 320 Å². The van der Waals surface area contributed by atoms with Crippen LogP contribution in [0, 0.1) is 24.2 Å². The summed E-state index contributed by atoms with van der Waals surface area (Å²) in [5.74, 6) is 1.20. The van der Waals surface area contributed by atoms with Crippen molar-refractivity contribution >= 4 is 80.9 Å². The van der Waals surface area contributed by atoms with Crippen molar-refractivity contribution in [1.82, 2.24) is 62.1 Å². The van der Waals surface area contributed by atoms with E-state index in [1.54, 1.807) is 85.5 Å². The minimum Gasteiger partial charge on any atom is -0.445 e. The van der Waals surface area contributed by atoms with Crippen LogP contribution in [0.25, 0.3) is 0 Å². The lowest BCUT2D eigenvalue weighted by Crippen LogP contribution is -2.42. The number of pyridine rings is 2. The molecule has 2 heterocycles. The van der Waals surface area contributed by atoms with Gasteiger partial charge in [0.25, 0.3) is 17.7 Å².